The smallest absolute Gasteiger partial charge is 0.106 e. The molecule has 0 unspecified atom stereocenters. The Bertz CT molecular complexity index is 470. The first-order chi connectivity index (χ1) is 7.75. The summed E-state index contributed by atoms with van der Waals surface area (Å²) in [5.74, 6) is 0. The van der Waals surface area contributed by atoms with Crippen molar-refractivity contribution in [3.63, 3.8) is 0 Å². The van der Waals surface area contributed by atoms with Gasteiger partial charge in [-0.3, -0.25) is 0 Å². The molecule has 16 heavy (non-hydrogen) atoms. The van der Waals surface area contributed by atoms with Crippen LogP contribution in [-0.2, 0) is 13.1 Å². The van der Waals surface area contributed by atoms with Crippen LogP contribution in [0.3, 0.4) is 0 Å². The van der Waals surface area contributed by atoms with Crippen molar-refractivity contribution in [2.24, 2.45) is 0 Å². The van der Waals surface area contributed by atoms with E-state index in [0.717, 1.165) is 29.1 Å². The number of thiazole rings is 1. The van der Waals surface area contributed by atoms with Crippen molar-refractivity contribution in [1.29, 1.82) is 0 Å². The second-order valence-corrected chi connectivity index (χ2v) is 5.17. The van der Waals surface area contributed by atoms with E-state index in [-0.39, 0.29) is 0 Å². The molecule has 0 amide bonds. The lowest BCUT2D eigenvalue weighted by atomic mass is 10.3. The van der Waals surface area contributed by atoms with E-state index in [9.17, 15) is 0 Å². The highest BCUT2D eigenvalue weighted by Crippen LogP contribution is 2.11. The van der Waals surface area contributed by atoms with E-state index in [1.54, 1.807) is 11.3 Å². The van der Waals surface area contributed by atoms with Gasteiger partial charge in [0.05, 0.1) is 16.9 Å². The van der Waals surface area contributed by atoms with E-state index in [1.165, 1.54) is 4.88 Å². The molecule has 2 rings (SSSR count). The third-order valence-electron chi connectivity index (χ3n) is 2.21. The minimum Gasteiger partial charge on any atom is -0.306 e. The second-order valence-electron chi connectivity index (χ2n) is 3.42. The molecule has 0 saturated heterocycles. The summed E-state index contributed by atoms with van der Waals surface area (Å²) in [6.07, 6.45) is 0. The quantitative estimate of drug-likeness (QED) is 0.882. The molecule has 0 aromatic carbocycles. The molecule has 0 saturated carbocycles. The molecular weight excluding hydrogens is 286 g/mol. The zero-order chi connectivity index (χ0) is 11.4. The Hall–Kier alpha value is -0.780. The highest BCUT2D eigenvalue weighted by atomic mass is 79.9. The Kier molecular flexibility index (Phi) is 4.04. The number of pyridine rings is 1. The van der Waals surface area contributed by atoms with Crippen LogP contribution in [0.1, 0.15) is 16.3 Å². The van der Waals surface area contributed by atoms with Crippen LogP contribution in [0.4, 0.5) is 0 Å². The van der Waals surface area contributed by atoms with E-state index >= 15 is 0 Å². The van der Waals surface area contributed by atoms with E-state index in [0.29, 0.717) is 0 Å². The van der Waals surface area contributed by atoms with E-state index in [1.807, 2.05) is 30.6 Å². The van der Waals surface area contributed by atoms with Gasteiger partial charge in [0.25, 0.3) is 0 Å². The molecule has 0 atom stereocenters. The van der Waals surface area contributed by atoms with Crippen LogP contribution in [0.2, 0.25) is 0 Å². The van der Waals surface area contributed by atoms with Gasteiger partial charge < -0.3 is 5.32 Å². The number of rotatable bonds is 4. The van der Waals surface area contributed by atoms with E-state index in [4.69, 9.17) is 0 Å². The summed E-state index contributed by atoms with van der Waals surface area (Å²) >= 11 is 5.04. The third kappa shape index (κ3) is 3.10. The molecule has 0 spiro atoms. The van der Waals surface area contributed by atoms with Crippen LogP contribution in [0.15, 0.2) is 28.3 Å². The molecule has 0 aliphatic carbocycles. The summed E-state index contributed by atoms with van der Waals surface area (Å²) < 4.78 is 0.876. The fraction of sp³-hybridized carbons (Fsp3) is 0.273. The maximum absolute atomic E-state index is 4.36. The molecule has 0 bridgehead atoms. The van der Waals surface area contributed by atoms with Crippen LogP contribution in [0.5, 0.6) is 0 Å². The lowest BCUT2D eigenvalue weighted by Gasteiger charge is -2.03. The van der Waals surface area contributed by atoms with Crippen molar-refractivity contribution < 1.29 is 0 Å². The molecule has 3 nitrogen and oxygen atoms in total. The van der Waals surface area contributed by atoms with Gasteiger partial charge in [0.2, 0.25) is 0 Å². The van der Waals surface area contributed by atoms with Gasteiger partial charge in [-0.05, 0) is 35.0 Å². The Balaban J connectivity index is 1.87. The summed E-state index contributed by atoms with van der Waals surface area (Å²) in [6.45, 7) is 3.66. The Morgan fingerprint density at radius 3 is 2.94 bits per heavy atom. The Morgan fingerprint density at radius 2 is 2.25 bits per heavy atom. The van der Waals surface area contributed by atoms with Gasteiger partial charge in [-0.15, -0.1) is 11.3 Å². The summed E-state index contributed by atoms with van der Waals surface area (Å²) in [6, 6.07) is 5.93. The summed E-state index contributed by atoms with van der Waals surface area (Å²) in [5.41, 5.74) is 4.03. The van der Waals surface area contributed by atoms with Gasteiger partial charge in [0, 0.05) is 18.0 Å². The van der Waals surface area contributed by atoms with E-state index in [2.05, 4.69) is 31.2 Å². The average Bonchev–Trinajstić information content (AvgIpc) is 2.65. The number of aryl methyl sites for hydroxylation is 1. The van der Waals surface area contributed by atoms with Crippen molar-refractivity contribution in [2.75, 3.05) is 0 Å². The predicted octanol–water partition coefficient (Wildman–Crippen LogP) is 2.90. The fourth-order valence-electron chi connectivity index (χ4n) is 1.35. The number of nitrogens with one attached hydrogen (secondary N) is 1. The second kappa shape index (κ2) is 5.52. The molecule has 2 aromatic rings. The van der Waals surface area contributed by atoms with Gasteiger partial charge in [-0.1, -0.05) is 6.07 Å². The molecule has 2 heterocycles. The number of hydrogen-bond donors (Lipinski definition) is 1. The van der Waals surface area contributed by atoms with Crippen LogP contribution in [0, 0.1) is 6.92 Å². The van der Waals surface area contributed by atoms with Gasteiger partial charge in [-0.2, -0.15) is 0 Å². The highest BCUT2D eigenvalue weighted by Gasteiger charge is 2.01. The lowest BCUT2D eigenvalue weighted by molar-refractivity contribution is 0.682. The first-order valence-corrected chi connectivity index (χ1v) is 6.64. The summed E-state index contributed by atoms with van der Waals surface area (Å²) in [7, 11) is 0. The van der Waals surface area contributed by atoms with Crippen LogP contribution in [0.25, 0.3) is 0 Å². The maximum Gasteiger partial charge on any atom is 0.106 e. The van der Waals surface area contributed by atoms with Gasteiger partial charge in [-0.25, -0.2) is 9.97 Å². The average molecular weight is 298 g/mol. The van der Waals surface area contributed by atoms with Crippen molar-refractivity contribution in [3.8, 4) is 0 Å². The van der Waals surface area contributed by atoms with Crippen LogP contribution in [-0.4, -0.2) is 9.97 Å². The number of halogens is 1. The third-order valence-corrected chi connectivity index (χ3v) is 3.59. The Morgan fingerprint density at radius 1 is 1.38 bits per heavy atom. The molecule has 0 aliphatic heterocycles. The molecule has 84 valence electrons. The van der Waals surface area contributed by atoms with Gasteiger partial charge in [0.15, 0.2) is 0 Å². The minimum atomic E-state index is 0.775. The molecular formula is C11H12BrN3S. The normalized spacial score (nSPS) is 10.6. The maximum atomic E-state index is 4.36. The zero-order valence-electron chi connectivity index (χ0n) is 8.90. The molecule has 0 fully saturated rings. The van der Waals surface area contributed by atoms with Gasteiger partial charge >= 0.3 is 0 Å². The Labute approximate surface area is 107 Å². The van der Waals surface area contributed by atoms with Gasteiger partial charge in [0.1, 0.15) is 4.60 Å². The lowest BCUT2D eigenvalue weighted by Crippen LogP contribution is -2.13. The topological polar surface area (TPSA) is 37.8 Å². The van der Waals surface area contributed by atoms with E-state index < -0.39 is 0 Å². The van der Waals surface area contributed by atoms with Crippen molar-refractivity contribution in [1.82, 2.24) is 15.3 Å². The number of nitrogens with zero attached hydrogens (tertiary/aromatic N) is 2. The molecule has 5 heteroatoms. The molecule has 0 radical (unpaired) electrons. The molecule has 2 aromatic heterocycles. The summed E-state index contributed by atoms with van der Waals surface area (Å²) in [4.78, 5) is 9.86. The fourth-order valence-corrected chi connectivity index (χ4v) is 2.48. The number of hydrogen-bond acceptors (Lipinski definition) is 4. The molecule has 1 N–H and O–H groups in total. The first kappa shape index (κ1) is 11.7. The van der Waals surface area contributed by atoms with Crippen molar-refractivity contribution >= 4 is 27.3 Å². The zero-order valence-corrected chi connectivity index (χ0v) is 11.3. The first-order valence-electron chi connectivity index (χ1n) is 4.97. The molecule has 0 aliphatic rings. The van der Waals surface area contributed by atoms with Crippen LogP contribution < -0.4 is 5.32 Å². The van der Waals surface area contributed by atoms with Crippen molar-refractivity contribution in [2.45, 2.75) is 20.0 Å². The van der Waals surface area contributed by atoms with Crippen molar-refractivity contribution in [3.05, 3.63) is 44.6 Å². The standard InChI is InChI=1S/C11H12BrN3S/c1-8-10(16-7-14-8)6-13-5-9-3-2-4-11(12)15-9/h2-4,7,13H,5-6H2,1H3. The largest absolute Gasteiger partial charge is 0.306 e. The number of aromatic nitrogens is 2. The van der Waals surface area contributed by atoms with Crippen LogP contribution >= 0.6 is 27.3 Å². The minimum absolute atomic E-state index is 0.775. The predicted molar refractivity (Wildman–Crippen MR) is 69.3 cm³/mol. The summed E-state index contributed by atoms with van der Waals surface area (Å²) in [5, 5.41) is 3.36. The highest BCUT2D eigenvalue weighted by molar-refractivity contribution is 9.10. The monoisotopic (exact) mass is 297 g/mol. The SMILES string of the molecule is Cc1ncsc1CNCc1cccc(Br)n1.